The Balaban J connectivity index is 1.39. The molecular weight excluding hydrogens is 536 g/mol. The third-order valence-corrected chi connectivity index (χ3v) is 8.04. The van der Waals surface area contributed by atoms with E-state index in [4.69, 9.17) is 16.3 Å². The van der Waals surface area contributed by atoms with E-state index in [1.165, 1.54) is 13.3 Å². The topological polar surface area (TPSA) is 62.7 Å². The first-order valence-electron chi connectivity index (χ1n) is 12.9. The molecule has 39 heavy (non-hydrogen) atoms. The maximum Gasteiger partial charge on any atom is 0.303 e. The third kappa shape index (κ3) is 7.00. The predicted octanol–water partition coefficient (Wildman–Crippen LogP) is 7.29. The van der Waals surface area contributed by atoms with Crippen molar-refractivity contribution in [3.63, 3.8) is 0 Å². The van der Waals surface area contributed by atoms with Crippen LogP contribution in [-0.2, 0) is 11.2 Å². The van der Waals surface area contributed by atoms with Crippen LogP contribution in [0.5, 0.6) is 5.75 Å². The summed E-state index contributed by atoms with van der Waals surface area (Å²) in [7, 11) is 1.52. The molecule has 1 unspecified atom stereocenters. The smallest absolute Gasteiger partial charge is 0.303 e. The number of halogens is 5. The third-order valence-electron chi connectivity index (χ3n) is 7.74. The number of pyridine rings is 1. The van der Waals surface area contributed by atoms with E-state index in [-0.39, 0.29) is 29.8 Å². The molecule has 1 aliphatic rings. The zero-order chi connectivity index (χ0) is 28.2. The Bertz CT molecular complexity index is 1330. The molecule has 0 amide bonds. The fourth-order valence-electron chi connectivity index (χ4n) is 5.56. The van der Waals surface area contributed by atoms with Crippen molar-refractivity contribution in [3.8, 4) is 5.75 Å². The lowest BCUT2D eigenvalue weighted by molar-refractivity contribution is -0.141. The lowest BCUT2D eigenvalue weighted by Crippen LogP contribution is -2.41. The van der Waals surface area contributed by atoms with Gasteiger partial charge in [-0.2, -0.15) is 0 Å². The Morgan fingerprint density at radius 2 is 1.95 bits per heavy atom. The zero-order valence-corrected chi connectivity index (χ0v) is 22.4. The van der Waals surface area contributed by atoms with E-state index in [0.29, 0.717) is 73.6 Å². The van der Waals surface area contributed by atoms with E-state index < -0.39 is 35.0 Å². The molecule has 2 aromatic carbocycles. The number of piperidine rings is 1. The Morgan fingerprint density at radius 3 is 2.64 bits per heavy atom. The number of hydrogen-bond donors (Lipinski definition) is 1. The van der Waals surface area contributed by atoms with Gasteiger partial charge in [-0.15, -0.1) is 0 Å². The van der Waals surface area contributed by atoms with Crippen molar-refractivity contribution >= 4 is 28.5 Å². The van der Waals surface area contributed by atoms with Gasteiger partial charge in [0.1, 0.15) is 17.7 Å². The molecule has 0 saturated carbocycles. The molecule has 3 aromatic rings. The van der Waals surface area contributed by atoms with Crippen molar-refractivity contribution in [2.75, 3.05) is 26.7 Å². The molecule has 4 rings (SSSR count). The van der Waals surface area contributed by atoms with Crippen LogP contribution in [0.25, 0.3) is 10.9 Å². The Kier molecular flexibility index (Phi) is 9.33. The minimum Gasteiger partial charge on any atom is -0.497 e. The summed E-state index contributed by atoms with van der Waals surface area (Å²) in [6.45, 7) is 1.77. The highest BCUT2D eigenvalue weighted by Crippen LogP contribution is 2.44. The molecule has 2 heterocycles. The summed E-state index contributed by atoms with van der Waals surface area (Å²) in [5.41, 5.74) is 0.340. The number of methoxy groups -OCH3 is 1. The number of hydrogen-bond acceptors (Lipinski definition) is 4. The molecule has 210 valence electrons. The van der Waals surface area contributed by atoms with E-state index in [2.05, 4.69) is 9.88 Å². The lowest BCUT2D eigenvalue weighted by atomic mass is 9.71. The van der Waals surface area contributed by atoms with Crippen molar-refractivity contribution in [3.05, 3.63) is 70.1 Å². The molecule has 0 aliphatic carbocycles. The van der Waals surface area contributed by atoms with Crippen molar-refractivity contribution in [1.29, 1.82) is 0 Å². The number of rotatable bonds is 11. The van der Waals surface area contributed by atoms with Gasteiger partial charge < -0.3 is 14.7 Å². The van der Waals surface area contributed by atoms with Gasteiger partial charge in [-0.05, 0) is 93.4 Å². The van der Waals surface area contributed by atoms with Gasteiger partial charge in [-0.3, -0.25) is 9.78 Å². The van der Waals surface area contributed by atoms with Crippen LogP contribution in [0.15, 0.2) is 36.5 Å². The number of carboxylic acid groups (broad SMARTS) is 1. The Morgan fingerprint density at radius 1 is 1.21 bits per heavy atom. The summed E-state index contributed by atoms with van der Waals surface area (Å²) < 4.78 is 61.8. The molecule has 0 spiro atoms. The fraction of sp³-hybridized carbons (Fsp3) is 0.448. The van der Waals surface area contributed by atoms with Crippen molar-refractivity contribution in [1.82, 2.24) is 9.88 Å². The standard InChI is InChI=1S/C29H31ClF4N2O3/c1-39-20-4-5-25-21(15-20)27(22(30)17-35-25)23(32)6-7-29(16-26(37)38)8-11-36(12-9-29)10-2-3-18-13-19(31)14-24(33)28(18)34/h4-5,13-15,17,23H,2-3,6-12,16H2,1H3,(H,37,38). The van der Waals surface area contributed by atoms with Gasteiger partial charge in [0.15, 0.2) is 11.6 Å². The van der Waals surface area contributed by atoms with E-state index >= 15 is 4.39 Å². The second kappa shape index (κ2) is 12.5. The number of likely N-dealkylation sites (tertiary alicyclic amines) is 1. The van der Waals surface area contributed by atoms with Gasteiger partial charge in [0.2, 0.25) is 0 Å². The number of carboxylic acids is 1. The Labute approximate surface area is 229 Å². The Hall–Kier alpha value is -2.91. The number of fused-ring (bicyclic) bond motifs is 1. The highest BCUT2D eigenvalue weighted by Gasteiger charge is 2.37. The minimum atomic E-state index is -1.42. The van der Waals surface area contributed by atoms with E-state index in [1.54, 1.807) is 18.2 Å². The summed E-state index contributed by atoms with van der Waals surface area (Å²) in [5.74, 6) is -3.42. The normalized spacial score (nSPS) is 16.4. The number of aliphatic carboxylic acids is 1. The van der Waals surface area contributed by atoms with Crippen LogP contribution in [0.4, 0.5) is 17.6 Å². The molecule has 10 heteroatoms. The van der Waals surface area contributed by atoms with Gasteiger partial charge in [-0.25, -0.2) is 17.6 Å². The largest absolute Gasteiger partial charge is 0.497 e. The number of ether oxygens (including phenoxy) is 1. The molecule has 1 saturated heterocycles. The molecule has 1 fully saturated rings. The average molecular weight is 567 g/mol. The molecule has 1 atom stereocenters. The van der Waals surface area contributed by atoms with Gasteiger partial charge in [0, 0.05) is 23.2 Å². The molecular formula is C29H31ClF4N2O3. The molecule has 5 nitrogen and oxygen atoms in total. The summed E-state index contributed by atoms with van der Waals surface area (Å²) in [6.07, 6.45) is 2.22. The summed E-state index contributed by atoms with van der Waals surface area (Å²) in [4.78, 5) is 18.1. The average Bonchev–Trinajstić information content (AvgIpc) is 2.90. The van der Waals surface area contributed by atoms with E-state index in [1.807, 2.05) is 0 Å². The second-order valence-corrected chi connectivity index (χ2v) is 10.7. The second-order valence-electron chi connectivity index (χ2n) is 10.3. The van der Waals surface area contributed by atoms with Crippen molar-refractivity contribution < 1.29 is 32.2 Å². The molecule has 0 bridgehead atoms. The van der Waals surface area contributed by atoms with Gasteiger partial charge in [-0.1, -0.05) is 11.6 Å². The number of benzene rings is 2. The minimum absolute atomic E-state index is 0.00126. The first kappa shape index (κ1) is 29.1. The van der Waals surface area contributed by atoms with Crippen LogP contribution in [0.1, 0.15) is 55.8 Å². The van der Waals surface area contributed by atoms with Crippen LogP contribution >= 0.6 is 11.6 Å². The SMILES string of the molecule is COc1ccc2ncc(Cl)c(C(F)CCC3(CC(=O)O)CCN(CCCc4cc(F)cc(F)c4F)CC3)c2c1. The maximum atomic E-state index is 15.7. The zero-order valence-electron chi connectivity index (χ0n) is 21.7. The van der Waals surface area contributed by atoms with Crippen LogP contribution in [0.2, 0.25) is 5.02 Å². The highest BCUT2D eigenvalue weighted by molar-refractivity contribution is 6.32. The summed E-state index contributed by atoms with van der Waals surface area (Å²) in [5, 5.41) is 10.4. The first-order valence-corrected chi connectivity index (χ1v) is 13.3. The van der Waals surface area contributed by atoms with Gasteiger partial charge >= 0.3 is 5.97 Å². The van der Waals surface area contributed by atoms with Crippen LogP contribution < -0.4 is 4.74 Å². The lowest BCUT2D eigenvalue weighted by Gasteiger charge is -2.41. The van der Waals surface area contributed by atoms with Crippen molar-refractivity contribution in [2.24, 2.45) is 5.41 Å². The maximum absolute atomic E-state index is 15.7. The quantitative estimate of drug-likeness (QED) is 0.195. The number of carbonyl (C=O) groups is 1. The predicted molar refractivity (Wildman–Crippen MR) is 141 cm³/mol. The van der Waals surface area contributed by atoms with E-state index in [9.17, 15) is 23.1 Å². The van der Waals surface area contributed by atoms with Crippen LogP contribution in [0, 0.1) is 22.9 Å². The van der Waals surface area contributed by atoms with Gasteiger partial charge in [0.05, 0.1) is 24.1 Å². The number of aryl methyl sites for hydroxylation is 1. The van der Waals surface area contributed by atoms with Crippen molar-refractivity contribution in [2.45, 2.75) is 51.1 Å². The molecule has 1 aromatic heterocycles. The summed E-state index contributed by atoms with van der Waals surface area (Å²) >= 11 is 6.36. The van der Waals surface area contributed by atoms with Crippen LogP contribution in [0.3, 0.4) is 0 Å². The number of nitrogens with zero attached hydrogens (tertiary/aromatic N) is 2. The summed E-state index contributed by atoms with van der Waals surface area (Å²) in [6, 6.07) is 6.71. The number of alkyl halides is 1. The first-order chi connectivity index (χ1) is 18.6. The van der Waals surface area contributed by atoms with Gasteiger partial charge in [0.25, 0.3) is 0 Å². The molecule has 0 radical (unpaired) electrons. The van der Waals surface area contributed by atoms with Crippen LogP contribution in [-0.4, -0.2) is 47.7 Å². The monoisotopic (exact) mass is 566 g/mol. The molecule has 1 aliphatic heterocycles. The fourth-order valence-corrected chi connectivity index (χ4v) is 5.83. The molecule has 1 N–H and O–H groups in total. The van der Waals surface area contributed by atoms with E-state index in [0.717, 1.165) is 6.07 Å². The highest BCUT2D eigenvalue weighted by atomic mass is 35.5. The number of aromatic nitrogens is 1.